The van der Waals surface area contributed by atoms with Crippen molar-refractivity contribution >= 4 is 38.8 Å². The van der Waals surface area contributed by atoms with Crippen LogP contribution < -0.4 is 0 Å². The van der Waals surface area contributed by atoms with E-state index in [2.05, 4.69) is 174 Å². The van der Waals surface area contributed by atoms with Crippen molar-refractivity contribution in [2.45, 2.75) is 45.4 Å². The van der Waals surface area contributed by atoms with Crippen molar-refractivity contribution in [3.63, 3.8) is 0 Å². The van der Waals surface area contributed by atoms with Crippen LogP contribution in [0.15, 0.2) is 150 Å². The first kappa shape index (κ1) is 30.9. The Morgan fingerprint density at radius 1 is 0.442 bits per heavy atom. The Labute approximate surface area is 305 Å². The van der Waals surface area contributed by atoms with E-state index in [1.807, 2.05) is 12.1 Å². The minimum atomic E-state index is -0.132. The molecule has 0 bridgehead atoms. The molecule has 0 radical (unpaired) electrons. The van der Waals surface area contributed by atoms with E-state index in [0.717, 1.165) is 27.5 Å². The summed E-state index contributed by atoms with van der Waals surface area (Å²) in [6.07, 6.45) is 8.59. The van der Waals surface area contributed by atoms with Gasteiger partial charge in [0.25, 0.3) is 0 Å². The van der Waals surface area contributed by atoms with Crippen molar-refractivity contribution in [1.29, 1.82) is 0 Å². The summed E-state index contributed by atoms with van der Waals surface area (Å²) >= 11 is 0. The lowest BCUT2D eigenvalue weighted by atomic mass is 9.77. The van der Waals surface area contributed by atoms with Gasteiger partial charge in [-0.1, -0.05) is 143 Å². The molecule has 2 aliphatic rings. The summed E-state index contributed by atoms with van der Waals surface area (Å²) in [7, 11) is 0. The fraction of sp³-hybridized carbons (Fsp3) is 0.137. The van der Waals surface area contributed by atoms with Crippen molar-refractivity contribution < 1.29 is 4.42 Å². The summed E-state index contributed by atoms with van der Waals surface area (Å²) in [6, 6.07) is 47.4. The molecule has 0 amide bonds. The Hall–Kier alpha value is -5.92. The van der Waals surface area contributed by atoms with Crippen LogP contribution in [0.3, 0.4) is 0 Å². The largest absolute Gasteiger partial charge is 0.456 e. The molecule has 1 nitrogen and oxygen atoms in total. The summed E-state index contributed by atoms with van der Waals surface area (Å²) in [5.74, 6) is 0. The second kappa shape index (κ2) is 11.0. The van der Waals surface area contributed by atoms with Crippen molar-refractivity contribution in [2.75, 3.05) is 0 Å². The molecule has 0 fully saturated rings. The Bertz CT molecular complexity index is 2850. The average Bonchev–Trinajstić information content (AvgIpc) is 3.72. The first-order chi connectivity index (χ1) is 25.3. The van der Waals surface area contributed by atoms with Gasteiger partial charge in [-0.25, -0.2) is 0 Å². The van der Waals surface area contributed by atoms with Gasteiger partial charge in [0, 0.05) is 21.6 Å². The molecule has 0 aliphatic heterocycles. The molecular formula is C51H40O. The van der Waals surface area contributed by atoms with Gasteiger partial charge in [-0.3, -0.25) is 0 Å². The number of furan rings is 1. The van der Waals surface area contributed by atoms with Crippen LogP contribution in [0, 0.1) is 0 Å². The Morgan fingerprint density at radius 3 is 1.88 bits per heavy atom. The summed E-state index contributed by atoms with van der Waals surface area (Å²) in [4.78, 5) is 0. The van der Waals surface area contributed by atoms with Crippen LogP contribution in [-0.4, -0.2) is 0 Å². The molecule has 1 aromatic heterocycles. The fourth-order valence-electron chi connectivity index (χ4n) is 9.34. The second-order valence-corrected chi connectivity index (χ2v) is 15.6. The fourth-order valence-corrected chi connectivity index (χ4v) is 9.34. The molecule has 1 heterocycles. The quantitative estimate of drug-likeness (QED) is 0.170. The Kier molecular flexibility index (Phi) is 6.55. The molecular weight excluding hydrogens is 629 g/mol. The molecule has 0 saturated heterocycles. The number of fused-ring (bicyclic) bond motifs is 10. The second-order valence-electron chi connectivity index (χ2n) is 15.6. The molecule has 0 saturated carbocycles. The maximum atomic E-state index is 6.37. The minimum Gasteiger partial charge on any atom is -0.456 e. The van der Waals surface area contributed by atoms with E-state index in [1.54, 1.807) is 0 Å². The summed E-state index contributed by atoms with van der Waals surface area (Å²) in [6.45, 7) is 11.6. The highest BCUT2D eigenvalue weighted by molar-refractivity contribution is 6.11. The lowest BCUT2D eigenvalue weighted by Crippen LogP contribution is -2.18. The smallest absolute Gasteiger partial charge is 0.136 e. The standard InChI is InChI=1S/C51H40O/c1-6-7-8-15-32-26-40(34-16-9-10-19-39(34)49(32)33-23-25-38-37-18-12-14-21-47(37)52-48(38)28-33)31-22-24-36-42-29-41-35-17-11-13-20-43(35)50(2,3)45(41)30-46(42)51(4,5)44(36)27-31/h6-30H,1-5H3/b7-6-,15-8-. The van der Waals surface area contributed by atoms with E-state index in [4.69, 9.17) is 4.42 Å². The molecule has 250 valence electrons. The topological polar surface area (TPSA) is 13.1 Å². The molecule has 0 unspecified atom stereocenters. The van der Waals surface area contributed by atoms with E-state index in [9.17, 15) is 0 Å². The van der Waals surface area contributed by atoms with Crippen molar-refractivity contribution in [2.24, 2.45) is 0 Å². The van der Waals surface area contributed by atoms with Gasteiger partial charge in [0.1, 0.15) is 11.2 Å². The van der Waals surface area contributed by atoms with Crippen LogP contribution in [0.2, 0.25) is 0 Å². The Balaban J connectivity index is 1.16. The highest BCUT2D eigenvalue weighted by Crippen LogP contribution is 2.56. The van der Waals surface area contributed by atoms with Gasteiger partial charge in [-0.15, -0.1) is 0 Å². The van der Waals surface area contributed by atoms with Crippen molar-refractivity contribution in [3.8, 4) is 44.5 Å². The molecule has 10 rings (SSSR count). The number of hydrogen-bond donors (Lipinski definition) is 0. The first-order valence-corrected chi connectivity index (χ1v) is 18.5. The maximum Gasteiger partial charge on any atom is 0.136 e. The van der Waals surface area contributed by atoms with Gasteiger partial charge in [-0.2, -0.15) is 0 Å². The van der Waals surface area contributed by atoms with Gasteiger partial charge in [-0.05, 0) is 126 Å². The maximum absolute atomic E-state index is 6.37. The van der Waals surface area contributed by atoms with E-state index in [1.165, 1.54) is 77.5 Å². The lowest BCUT2D eigenvalue weighted by molar-refractivity contribution is 0.639. The zero-order chi connectivity index (χ0) is 35.4. The normalized spacial score (nSPS) is 15.2. The van der Waals surface area contributed by atoms with Crippen molar-refractivity contribution in [1.82, 2.24) is 0 Å². The monoisotopic (exact) mass is 668 g/mol. The number of allylic oxidation sites excluding steroid dienone is 3. The number of benzene rings is 7. The van der Waals surface area contributed by atoms with Gasteiger partial charge < -0.3 is 4.42 Å². The highest BCUT2D eigenvalue weighted by atomic mass is 16.3. The number of hydrogen-bond acceptors (Lipinski definition) is 1. The predicted molar refractivity (Wildman–Crippen MR) is 221 cm³/mol. The van der Waals surface area contributed by atoms with E-state index >= 15 is 0 Å². The van der Waals surface area contributed by atoms with Gasteiger partial charge in [0.05, 0.1) is 0 Å². The number of rotatable bonds is 4. The molecule has 1 heteroatoms. The van der Waals surface area contributed by atoms with Crippen LogP contribution in [-0.2, 0) is 10.8 Å². The molecule has 0 atom stereocenters. The van der Waals surface area contributed by atoms with Gasteiger partial charge in [0.2, 0.25) is 0 Å². The lowest BCUT2D eigenvalue weighted by Gasteiger charge is -2.26. The summed E-state index contributed by atoms with van der Waals surface area (Å²) in [5, 5.41) is 4.77. The van der Waals surface area contributed by atoms with Gasteiger partial charge >= 0.3 is 0 Å². The van der Waals surface area contributed by atoms with Crippen LogP contribution in [0.1, 0.15) is 62.4 Å². The van der Waals surface area contributed by atoms with Crippen molar-refractivity contribution in [3.05, 3.63) is 173 Å². The zero-order valence-corrected chi connectivity index (χ0v) is 30.3. The molecule has 52 heavy (non-hydrogen) atoms. The van der Waals surface area contributed by atoms with Crippen LogP contribution in [0.4, 0.5) is 0 Å². The van der Waals surface area contributed by atoms with Crippen LogP contribution in [0.25, 0.3) is 83.3 Å². The average molecular weight is 669 g/mol. The number of para-hydroxylation sites is 1. The third kappa shape index (κ3) is 4.29. The van der Waals surface area contributed by atoms with Crippen LogP contribution >= 0.6 is 0 Å². The molecule has 2 aliphatic carbocycles. The SMILES string of the molecule is C/C=C\C=C/c1cc(-c2ccc3c(c2)C(C)(C)c2cc4c(cc2-3)-c2ccccc2C4(C)C)c2ccccc2c1-c1ccc2c(c1)oc1ccccc12. The minimum absolute atomic E-state index is 0.0244. The van der Waals surface area contributed by atoms with Gasteiger partial charge in [0.15, 0.2) is 0 Å². The molecule has 0 spiro atoms. The van der Waals surface area contributed by atoms with E-state index in [-0.39, 0.29) is 10.8 Å². The molecule has 0 N–H and O–H groups in total. The zero-order valence-electron chi connectivity index (χ0n) is 30.3. The molecule has 7 aromatic carbocycles. The van der Waals surface area contributed by atoms with E-state index in [0.29, 0.717) is 0 Å². The third-order valence-electron chi connectivity index (χ3n) is 12.0. The predicted octanol–water partition coefficient (Wildman–Crippen LogP) is 14.3. The summed E-state index contributed by atoms with van der Waals surface area (Å²) < 4.78 is 6.37. The Morgan fingerprint density at radius 2 is 1.08 bits per heavy atom. The first-order valence-electron chi connectivity index (χ1n) is 18.5. The summed E-state index contributed by atoms with van der Waals surface area (Å²) in [5.41, 5.74) is 18.9. The van der Waals surface area contributed by atoms with Crippen LogP contribution in [0.5, 0.6) is 0 Å². The highest BCUT2D eigenvalue weighted by Gasteiger charge is 2.41. The molecule has 8 aromatic rings. The third-order valence-corrected chi connectivity index (χ3v) is 12.0. The van der Waals surface area contributed by atoms with E-state index < -0.39 is 0 Å².